The zero-order valence-electron chi connectivity index (χ0n) is 13.2. The fraction of sp³-hybridized carbons (Fsp3) is 0.176. The Morgan fingerprint density at radius 3 is 2.58 bits per heavy atom. The van der Waals surface area contributed by atoms with Crippen molar-refractivity contribution in [3.63, 3.8) is 0 Å². The third-order valence-corrected chi connectivity index (χ3v) is 4.26. The van der Waals surface area contributed by atoms with Crippen LogP contribution in [-0.2, 0) is 4.79 Å². The van der Waals surface area contributed by atoms with Gasteiger partial charge in [0.2, 0.25) is 5.13 Å². The second-order valence-electron chi connectivity index (χ2n) is 5.63. The van der Waals surface area contributed by atoms with Crippen molar-refractivity contribution in [3.05, 3.63) is 54.3 Å². The molecule has 0 bridgehead atoms. The minimum Gasteiger partial charge on any atom is -0.478 e. The van der Waals surface area contributed by atoms with Gasteiger partial charge in [-0.15, -0.1) is 0 Å². The standard InChI is InChI=1S/C17H16FN3O2S/c1-17(2,23-12-9-7-11(18)8-10-12)15(22)20-21-16-19-13-5-3-4-6-14(13)24-16/h3-10H,1-2H3,(H,19,21)(H,20,22). The highest BCUT2D eigenvalue weighted by Gasteiger charge is 2.30. The largest absolute Gasteiger partial charge is 0.478 e. The molecule has 3 rings (SSSR count). The van der Waals surface area contributed by atoms with Crippen molar-refractivity contribution in [2.24, 2.45) is 0 Å². The van der Waals surface area contributed by atoms with Crippen molar-refractivity contribution in [1.82, 2.24) is 10.4 Å². The molecule has 7 heteroatoms. The van der Waals surface area contributed by atoms with Crippen molar-refractivity contribution in [2.45, 2.75) is 19.4 Å². The first-order chi connectivity index (χ1) is 11.4. The zero-order valence-corrected chi connectivity index (χ0v) is 14.0. The van der Waals surface area contributed by atoms with Crippen LogP contribution in [0.25, 0.3) is 10.2 Å². The zero-order chi connectivity index (χ0) is 17.2. The second-order valence-corrected chi connectivity index (χ2v) is 6.66. The molecule has 0 aliphatic rings. The maximum absolute atomic E-state index is 12.9. The number of amides is 1. The lowest BCUT2D eigenvalue weighted by molar-refractivity contribution is -0.133. The Morgan fingerprint density at radius 1 is 1.17 bits per heavy atom. The monoisotopic (exact) mass is 345 g/mol. The summed E-state index contributed by atoms with van der Waals surface area (Å²) >= 11 is 1.44. The van der Waals surface area contributed by atoms with E-state index in [0.29, 0.717) is 10.9 Å². The summed E-state index contributed by atoms with van der Waals surface area (Å²) < 4.78 is 19.6. The third-order valence-electron chi connectivity index (χ3n) is 3.31. The van der Waals surface area contributed by atoms with Gasteiger partial charge in [0.25, 0.3) is 5.91 Å². The third kappa shape index (κ3) is 3.62. The van der Waals surface area contributed by atoms with Crippen LogP contribution < -0.4 is 15.6 Å². The lowest BCUT2D eigenvalue weighted by atomic mass is 10.1. The summed E-state index contributed by atoms with van der Waals surface area (Å²) in [6.07, 6.45) is 0. The van der Waals surface area contributed by atoms with Crippen LogP contribution in [0.3, 0.4) is 0 Å². The van der Waals surface area contributed by atoms with E-state index in [4.69, 9.17) is 4.74 Å². The number of carbonyl (C=O) groups is 1. The van der Waals surface area contributed by atoms with Crippen molar-refractivity contribution in [2.75, 3.05) is 5.43 Å². The highest BCUT2D eigenvalue weighted by Crippen LogP contribution is 2.25. The number of hydrogen-bond acceptors (Lipinski definition) is 5. The van der Waals surface area contributed by atoms with Crippen LogP contribution in [0.1, 0.15) is 13.8 Å². The van der Waals surface area contributed by atoms with Gasteiger partial charge in [0, 0.05) is 0 Å². The molecule has 0 aliphatic heterocycles. The number of nitrogens with zero attached hydrogens (tertiary/aromatic N) is 1. The van der Waals surface area contributed by atoms with E-state index in [2.05, 4.69) is 15.8 Å². The molecule has 0 unspecified atom stereocenters. The van der Waals surface area contributed by atoms with E-state index >= 15 is 0 Å². The molecule has 5 nitrogen and oxygen atoms in total. The van der Waals surface area contributed by atoms with E-state index in [9.17, 15) is 9.18 Å². The molecular weight excluding hydrogens is 329 g/mol. The van der Waals surface area contributed by atoms with E-state index in [1.807, 2.05) is 24.3 Å². The highest BCUT2D eigenvalue weighted by molar-refractivity contribution is 7.22. The van der Waals surface area contributed by atoms with Crippen molar-refractivity contribution in [1.29, 1.82) is 0 Å². The number of rotatable bonds is 5. The number of ether oxygens (including phenoxy) is 1. The van der Waals surface area contributed by atoms with Gasteiger partial charge in [-0.3, -0.25) is 15.6 Å². The number of thiazole rings is 1. The number of benzene rings is 2. The van der Waals surface area contributed by atoms with E-state index in [-0.39, 0.29) is 11.7 Å². The number of anilines is 1. The van der Waals surface area contributed by atoms with Crippen molar-refractivity contribution >= 4 is 32.6 Å². The Balaban J connectivity index is 1.63. The van der Waals surface area contributed by atoms with Gasteiger partial charge < -0.3 is 4.74 Å². The molecule has 24 heavy (non-hydrogen) atoms. The average molecular weight is 345 g/mol. The number of para-hydroxylation sites is 1. The lowest BCUT2D eigenvalue weighted by Crippen LogP contribution is -2.48. The summed E-state index contributed by atoms with van der Waals surface area (Å²) in [6, 6.07) is 13.2. The van der Waals surface area contributed by atoms with Gasteiger partial charge in [0.05, 0.1) is 10.2 Å². The van der Waals surface area contributed by atoms with Crippen molar-refractivity contribution < 1.29 is 13.9 Å². The fourth-order valence-corrected chi connectivity index (χ4v) is 2.85. The molecule has 2 aromatic carbocycles. The number of fused-ring (bicyclic) bond motifs is 1. The summed E-state index contributed by atoms with van der Waals surface area (Å²) in [6.45, 7) is 3.26. The second kappa shape index (κ2) is 6.45. The molecule has 124 valence electrons. The molecular formula is C17H16FN3O2S. The number of hydrogen-bond donors (Lipinski definition) is 2. The smallest absolute Gasteiger partial charge is 0.281 e. The van der Waals surface area contributed by atoms with Gasteiger partial charge in [0.15, 0.2) is 5.60 Å². The predicted molar refractivity (Wildman–Crippen MR) is 92.5 cm³/mol. The lowest BCUT2D eigenvalue weighted by Gasteiger charge is -2.25. The Kier molecular flexibility index (Phi) is 4.35. The minimum atomic E-state index is -1.14. The molecule has 0 atom stereocenters. The van der Waals surface area contributed by atoms with Crippen LogP contribution in [0, 0.1) is 5.82 Å². The Morgan fingerprint density at radius 2 is 1.88 bits per heavy atom. The first kappa shape index (κ1) is 16.2. The van der Waals surface area contributed by atoms with E-state index in [0.717, 1.165) is 10.2 Å². The molecule has 0 radical (unpaired) electrons. The number of halogens is 1. The first-order valence-corrected chi connectivity index (χ1v) is 8.12. The van der Waals surface area contributed by atoms with Gasteiger partial charge in [-0.05, 0) is 50.2 Å². The van der Waals surface area contributed by atoms with Gasteiger partial charge in [-0.2, -0.15) is 0 Å². The van der Waals surface area contributed by atoms with E-state index in [1.165, 1.54) is 35.6 Å². The molecule has 3 aromatic rings. The van der Waals surface area contributed by atoms with Gasteiger partial charge in [0.1, 0.15) is 11.6 Å². The van der Waals surface area contributed by atoms with E-state index < -0.39 is 5.60 Å². The summed E-state index contributed by atoms with van der Waals surface area (Å²) in [7, 11) is 0. The summed E-state index contributed by atoms with van der Waals surface area (Å²) in [4.78, 5) is 16.7. The molecule has 1 aromatic heterocycles. The number of nitrogens with one attached hydrogen (secondary N) is 2. The maximum atomic E-state index is 12.9. The van der Waals surface area contributed by atoms with E-state index in [1.54, 1.807) is 13.8 Å². The average Bonchev–Trinajstić information content (AvgIpc) is 2.97. The topological polar surface area (TPSA) is 63.2 Å². The predicted octanol–water partition coefficient (Wildman–Crippen LogP) is 3.74. The molecule has 0 saturated carbocycles. The molecule has 0 aliphatic carbocycles. The van der Waals surface area contributed by atoms with Crippen LogP contribution >= 0.6 is 11.3 Å². The van der Waals surface area contributed by atoms with Gasteiger partial charge in [-0.1, -0.05) is 23.5 Å². The Hall–Kier alpha value is -2.67. The summed E-state index contributed by atoms with van der Waals surface area (Å²) in [5.74, 6) is -0.315. The highest BCUT2D eigenvalue weighted by atomic mass is 32.1. The normalized spacial score (nSPS) is 11.3. The molecule has 1 heterocycles. The number of carbonyl (C=O) groups excluding carboxylic acids is 1. The Labute approximate surface area is 142 Å². The summed E-state index contributed by atoms with van der Waals surface area (Å²) in [5, 5.41) is 0.585. The quantitative estimate of drug-likeness (QED) is 0.692. The van der Waals surface area contributed by atoms with Crippen LogP contribution in [0.2, 0.25) is 0 Å². The number of hydrazine groups is 1. The van der Waals surface area contributed by atoms with Crippen LogP contribution in [-0.4, -0.2) is 16.5 Å². The van der Waals surface area contributed by atoms with Gasteiger partial charge >= 0.3 is 0 Å². The van der Waals surface area contributed by atoms with Crippen LogP contribution in [0.4, 0.5) is 9.52 Å². The first-order valence-electron chi connectivity index (χ1n) is 7.31. The number of aromatic nitrogens is 1. The molecule has 1 amide bonds. The maximum Gasteiger partial charge on any atom is 0.281 e. The van der Waals surface area contributed by atoms with Gasteiger partial charge in [-0.25, -0.2) is 9.37 Å². The molecule has 2 N–H and O–H groups in total. The molecule has 0 saturated heterocycles. The Bertz CT molecular complexity index is 829. The molecule has 0 fully saturated rings. The minimum absolute atomic E-state index is 0.359. The van der Waals surface area contributed by atoms with Crippen LogP contribution in [0.5, 0.6) is 5.75 Å². The van der Waals surface area contributed by atoms with Crippen LogP contribution in [0.15, 0.2) is 48.5 Å². The SMILES string of the molecule is CC(C)(Oc1ccc(F)cc1)C(=O)NNc1nc2ccccc2s1. The summed E-state index contributed by atoms with van der Waals surface area (Å²) in [5.41, 5.74) is 5.12. The van der Waals surface area contributed by atoms with Crippen molar-refractivity contribution in [3.8, 4) is 5.75 Å². The molecule has 0 spiro atoms. The fourth-order valence-electron chi connectivity index (χ4n) is 2.03.